The second kappa shape index (κ2) is 7.57. The maximum Gasteiger partial charge on any atom is 0.307 e. The summed E-state index contributed by atoms with van der Waals surface area (Å²) in [5.41, 5.74) is 4.23. The first-order valence-electron chi connectivity index (χ1n) is 8.04. The molecule has 0 aliphatic rings. The Morgan fingerprint density at radius 3 is 3.00 bits per heavy atom. The number of hydrogen-bond donors (Lipinski definition) is 1. The first-order valence-corrected chi connectivity index (χ1v) is 8.92. The Bertz CT molecular complexity index is 849. The zero-order valence-electron chi connectivity index (χ0n) is 14.5. The lowest BCUT2D eigenvalue weighted by Crippen LogP contribution is -2.09. The Morgan fingerprint density at radius 2 is 2.28 bits per heavy atom. The number of aryl methyl sites for hydroxylation is 1. The molecule has 25 heavy (non-hydrogen) atoms. The summed E-state index contributed by atoms with van der Waals surface area (Å²) < 4.78 is 12.2. The van der Waals surface area contributed by atoms with Gasteiger partial charge >= 0.3 is 5.97 Å². The average molecular weight is 359 g/mol. The first kappa shape index (κ1) is 17.3. The molecule has 0 unspecified atom stereocenters. The number of carbonyl (C=O) groups is 1. The Labute approximate surface area is 150 Å². The maximum atomic E-state index is 11.4. The maximum absolute atomic E-state index is 11.4. The van der Waals surface area contributed by atoms with Gasteiger partial charge in [0, 0.05) is 28.9 Å². The minimum Gasteiger partial charge on any atom is -0.469 e. The number of anilines is 1. The Morgan fingerprint density at radius 1 is 1.44 bits per heavy atom. The van der Waals surface area contributed by atoms with Crippen molar-refractivity contribution in [1.29, 1.82) is 0 Å². The van der Waals surface area contributed by atoms with Gasteiger partial charge in [-0.2, -0.15) is 0 Å². The molecule has 0 fully saturated rings. The molecular weight excluding hydrogens is 338 g/mol. The van der Waals surface area contributed by atoms with E-state index in [1.165, 1.54) is 7.11 Å². The first-order chi connectivity index (χ1) is 12.1. The summed E-state index contributed by atoms with van der Waals surface area (Å²) in [6, 6.07) is 5.90. The quantitative estimate of drug-likeness (QED) is 0.646. The predicted octanol–water partition coefficient (Wildman–Crippen LogP) is 4.00. The van der Waals surface area contributed by atoms with Crippen LogP contribution < -0.4 is 5.32 Å². The molecule has 0 aromatic carbocycles. The number of carbonyl (C=O) groups excluding carboxylic acids is 1. The smallest absolute Gasteiger partial charge is 0.307 e. The highest BCUT2D eigenvalue weighted by Gasteiger charge is 2.14. The molecule has 0 aliphatic heterocycles. The second-order valence-corrected chi connectivity index (χ2v) is 6.59. The van der Waals surface area contributed by atoms with Gasteiger partial charge in [0.25, 0.3) is 0 Å². The highest BCUT2D eigenvalue weighted by Crippen LogP contribution is 2.30. The number of rotatable bonds is 7. The number of thiazole rings is 1. The van der Waals surface area contributed by atoms with Crippen molar-refractivity contribution in [2.75, 3.05) is 12.4 Å². The van der Waals surface area contributed by atoms with Crippen molar-refractivity contribution in [2.45, 2.75) is 33.4 Å². The highest BCUT2D eigenvalue weighted by molar-refractivity contribution is 7.14. The molecule has 3 aromatic rings. The van der Waals surface area contributed by atoms with Gasteiger partial charge in [-0.25, -0.2) is 4.98 Å². The minimum atomic E-state index is -0.202. The molecule has 0 spiro atoms. The fourth-order valence-electron chi connectivity index (χ4n) is 2.76. The van der Waals surface area contributed by atoms with E-state index in [2.05, 4.69) is 27.9 Å². The van der Waals surface area contributed by atoms with Crippen LogP contribution in [0.2, 0.25) is 0 Å². The van der Waals surface area contributed by atoms with Crippen molar-refractivity contribution in [3.8, 4) is 11.3 Å². The van der Waals surface area contributed by atoms with Crippen LogP contribution in [0.3, 0.4) is 0 Å². The van der Waals surface area contributed by atoms with E-state index in [4.69, 9.17) is 9.15 Å². The van der Waals surface area contributed by atoms with Crippen LogP contribution in [0.5, 0.6) is 0 Å². The van der Waals surface area contributed by atoms with Crippen LogP contribution in [-0.4, -0.2) is 22.6 Å². The Hall–Kier alpha value is -2.54. The normalized spacial score (nSPS) is 10.8. The highest BCUT2D eigenvalue weighted by atomic mass is 32.1. The molecule has 0 saturated heterocycles. The molecule has 0 radical (unpaired) electrons. The lowest BCUT2D eigenvalue weighted by atomic mass is 10.2. The van der Waals surface area contributed by atoms with Gasteiger partial charge in [0.05, 0.1) is 32.0 Å². The number of nitrogens with zero attached hydrogens (tertiary/aromatic N) is 2. The van der Waals surface area contributed by atoms with Gasteiger partial charge in [-0.15, -0.1) is 11.3 Å². The van der Waals surface area contributed by atoms with E-state index in [1.54, 1.807) is 17.6 Å². The molecule has 3 rings (SSSR count). The van der Waals surface area contributed by atoms with Crippen LogP contribution in [0, 0.1) is 13.8 Å². The molecule has 7 heteroatoms. The van der Waals surface area contributed by atoms with E-state index in [0.717, 1.165) is 33.5 Å². The van der Waals surface area contributed by atoms with Crippen LogP contribution >= 0.6 is 11.3 Å². The van der Waals surface area contributed by atoms with Gasteiger partial charge in [-0.05, 0) is 32.0 Å². The molecule has 0 atom stereocenters. The van der Waals surface area contributed by atoms with Gasteiger partial charge in [0.1, 0.15) is 5.76 Å². The summed E-state index contributed by atoms with van der Waals surface area (Å²) in [4.78, 5) is 16.1. The molecule has 132 valence electrons. The van der Waals surface area contributed by atoms with Crippen molar-refractivity contribution < 1.29 is 13.9 Å². The number of nitrogens with one attached hydrogen (secondary N) is 1. The summed E-state index contributed by atoms with van der Waals surface area (Å²) in [6.45, 7) is 5.31. The fraction of sp³-hybridized carbons (Fsp3) is 0.333. The molecule has 0 aliphatic carbocycles. The SMILES string of the molecule is COC(=O)CCn1c(C)cc(-c2csc(NCc3ccco3)n2)c1C. The van der Waals surface area contributed by atoms with E-state index in [1.807, 2.05) is 24.4 Å². The van der Waals surface area contributed by atoms with E-state index < -0.39 is 0 Å². The second-order valence-electron chi connectivity index (χ2n) is 5.73. The molecule has 0 saturated carbocycles. The number of hydrogen-bond acceptors (Lipinski definition) is 6. The van der Waals surface area contributed by atoms with E-state index in [0.29, 0.717) is 19.5 Å². The molecule has 3 heterocycles. The van der Waals surface area contributed by atoms with Gasteiger partial charge in [0.15, 0.2) is 5.13 Å². The monoisotopic (exact) mass is 359 g/mol. The summed E-state index contributed by atoms with van der Waals surface area (Å²) in [5, 5.41) is 6.16. The van der Waals surface area contributed by atoms with Gasteiger partial charge in [-0.1, -0.05) is 0 Å². The molecular formula is C18H21N3O3S. The standard InChI is InChI=1S/C18H21N3O3S/c1-12-9-15(13(2)21(12)7-6-17(22)23-3)16-11-25-18(20-16)19-10-14-5-4-8-24-14/h4-5,8-9,11H,6-7,10H2,1-3H3,(H,19,20). The summed E-state index contributed by atoms with van der Waals surface area (Å²) in [7, 11) is 1.41. The van der Waals surface area contributed by atoms with Crippen molar-refractivity contribution in [1.82, 2.24) is 9.55 Å². The number of furan rings is 1. The number of esters is 1. The van der Waals surface area contributed by atoms with Crippen LogP contribution in [0.25, 0.3) is 11.3 Å². The molecule has 6 nitrogen and oxygen atoms in total. The van der Waals surface area contributed by atoms with Crippen molar-refractivity contribution in [3.05, 3.63) is 47.0 Å². The number of methoxy groups -OCH3 is 1. The largest absolute Gasteiger partial charge is 0.469 e. The average Bonchev–Trinajstić information content (AvgIpc) is 3.33. The Kier molecular flexibility index (Phi) is 5.23. The molecule has 0 amide bonds. The van der Waals surface area contributed by atoms with Crippen LogP contribution in [0.1, 0.15) is 23.6 Å². The van der Waals surface area contributed by atoms with E-state index in [-0.39, 0.29) is 5.97 Å². The zero-order valence-corrected chi connectivity index (χ0v) is 15.4. The van der Waals surface area contributed by atoms with Crippen LogP contribution in [0.15, 0.2) is 34.3 Å². The number of aromatic nitrogens is 2. The minimum absolute atomic E-state index is 0.202. The van der Waals surface area contributed by atoms with Crippen LogP contribution in [0.4, 0.5) is 5.13 Å². The van der Waals surface area contributed by atoms with Crippen molar-refractivity contribution >= 4 is 22.4 Å². The van der Waals surface area contributed by atoms with Gasteiger partial charge in [-0.3, -0.25) is 4.79 Å². The topological polar surface area (TPSA) is 69.3 Å². The van der Waals surface area contributed by atoms with Crippen molar-refractivity contribution in [3.63, 3.8) is 0 Å². The fourth-order valence-corrected chi connectivity index (χ4v) is 3.47. The lowest BCUT2D eigenvalue weighted by Gasteiger charge is -2.08. The van der Waals surface area contributed by atoms with E-state index in [9.17, 15) is 4.79 Å². The van der Waals surface area contributed by atoms with Gasteiger partial charge < -0.3 is 19.0 Å². The third-order valence-corrected chi connectivity index (χ3v) is 4.91. The summed E-state index contributed by atoms with van der Waals surface area (Å²) >= 11 is 1.56. The molecule has 1 N–H and O–H groups in total. The Balaban J connectivity index is 1.72. The third kappa shape index (κ3) is 3.93. The molecule has 0 bridgehead atoms. The summed E-state index contributed by atoms with van der Waals surface area (Å²) in [5.74, 6) is 0.671. The lowest BCUT2D eigenvalue weighted by molar-refractivity contribution is -0.140. The van der Waals surface area contributed by atoms with E-state index >= 15 is 0 Å². The zero-order chi connectivity index (χ0) is 17.8. The van der Waals surface area contributed by atoms with Gasteiger partial charge in [0.2, 0.25) is 0 Å². The molecule has 3 aromatic heterocycles. The van der Waals surface area contributed by atoms with Crippen molar-refractivity contribution in [2.24, 2.45) is 0 Å². The van der Waals surface area contributed by atoms with Crippen LogP contribution in [-0.2, 0) is 22.6 Å². The third-order valence-electron chi connectivity index (χ3n) is 4.11. The summed E-state index contributed by atoms with van der Waals surface area (Å²) in [6.07, 6.45) is 2.02. The predicted molar refractivity (Wildman–Crippen MR) is 97.7 cm³/mol. The number of ether oxygens (including phenoxy) is 1.